The molecule has 0 radical (unpaired) electrons. The number of carbonyl (C=O) groups excluding carboxylic acids is 1. The lowest BCUT2D eigenvalue weighted by molar-refractivity contribution is -0.384. The molecule has 0 aromatic heterocycles. The Balaban J connectivity index is 1.70. The topological polar surface area (TPSA) is 75.5 Å². The van der Waals surface area contributed by atoms with E-state index in [4.69, 9.17) is 0 Å². The summed E-state index contributed by atoms with van der Waals surface area (Å²) in [7, 11) is 1.77. The van der Waals surface area contributed by atoms with Gasteiger partial charge in [0.2, 0.25) is 0 Å². The van der Waals surface area contributed by atoms with E-state index in [1.54, 1.807) is 11.9 Å². The summed E-state index contributed by atoms with van der Waals surface area (Å²) in [6, 6.07) is 13.8. The summed E-state index contributed by atoms with van der Waals surface area (Å²) in [5, 5.41) is 13.4. The van der Waals surface area contributed by atoms with Gasteiger partial charge in [0.1, 0.15) is 0 Å². The Labute approximate surface area is 133 Å². The normalized spacial score (nSPS) is 15.8. The zero-order valence-corrected chi connectivity index (χ0v) is 12.7. The molecule has 6 nitrogen and oxygen atoms in total. The van der Waals surface area contributed by atoms with Gasteiger partial charge in [-0.05, 0) is 36.1 Å². The van der Waals surface area contributed by atoms with E-state index in [2.05, 4.69) is 17.4 Å². The maximum absolute atomic E-state index is 12.4. The molecule has 0 aliphatic heterocycles. The first-order valence-corrected chi connectivity index (χ1v) is 7.42. The number of nitro groups is 1. The van der Waals surface area contributed by atoms with Crippen LogP contribution in [0.5, 0.6) is 0 Å². The maximum atomic E-state index is 12.4. The Morgan fingerprint density at radius 3 is 2.61 bits per heavy atom. The smallest absolute Gasteiger partial charge is 0.321 e. The van der Waals surface area contributed by atoms with E-state index < -0.39 is 4.92 Å². The maximum Gasteiger partial charge on any atom is 0.322 e. The lowest BCUT2D eigenvalue weighted by Crippen LogP contribution is -2.33. The van der Waals surface area contributed by atoms with Crippen molar-refractivity contribution in [3.05, 3.63) is 69.8 Å². The first kappa shape index (κ1) is 15.0. The summed E-state index contributed by atoms with van der Waals surface area (Å²) >= 11 is 0. The van der Waals surface area contributed by atoms with Crippen LogP contribution in [0.25, 0.3) is 0 Å². The highest BCUT2D eigenvalue weighted by Gasteiger charge is 2.28. The molecule has 1 N–H and O–H groups in total. The molecule has 118 valence electrons. The SMILES string of the molecule is CN(C(=O)Nc1ccc([N+](=O)[O-])cc1)C1CCc2ccccc21. The minimum Gasteiger partial charge on any atom is -0.321 e. The predicted octanol–water partition coefficient (Wildman–Crippen LogP) is 3.75. The molecule has 0 saturated carbocycles. The summed E-state index contributed by atoms with van der Waals surface area (Å²) < 4.78 is 0. The zero-order chi connectivity index (χ0) is 16.4. The number of nitro benzene ring substituents is 1. The van der Waals surface area contributed by atoms with E-state index in [1.165, 1.54) is 35.4 Å². The Kier molecular flexibility index (Phi) is 3.97. The van der Waals surface area contributed by atoms with Crippen molar-refractivity contribution < 1.29 is 9.72 Å². The molecule has 6 heteroatoms. The van der Waals surface area contributed by atoms with Crippen LogP contribution in [0.15, 0.2) is 48.5 Å². The van der Waals surface area contributed by atoms with Crippen LogP contribution in [-0.2, 0) is 6.42 Å². The third-order valence-corrected chi connectivity index (χ3v) is 4.22. The molecule has 3 rings (SSSR count). The van der Waals surface area contributed by atoms with Crippen LogP contribution >= 0.6 is 0 Å². The number of hydrogen-bond acceptors (Lipinski definition) is 3. The Bertz CT molecular complexity index is 743. The van der Waals surface area contributed by atoms with E-state index in [1.807, 2.05) is 12.1 Å². The number of aryl methyl sites for hydroxylation is 1. The van der Waals surface area contributed by atoms with E-state index in [-0.39, 0.29) is 17.8 Å². The van der Waals surface area contributed by atoms with Gasteiger partial charge in [-0.3, -0.25) is 10.1 Å². The highest BCUT2D eigenvalue weighted by Crippen LogP contribution is 2.35. The van der Waals surface area contributed by atoms with Gasteiger partial charge in [-0.25, -0.2) is 4.79 Å². The monoisotopic (exact) mass is 311 g/mol. The number of nitrogens with one attached hydrogen (secondary N) is 1. The number of non-ortho nitro benzene ring substituents is 1. The fraction of sp³-hybridized carbons (Fsp3) is 0.235. The minimum atomic E-state index is -0.465. The number of fused-ring (bicyclic) bond motifs is 1. The van der Waals surface area contributed by atoms with Crippen LogP contribution in [0.4, 0.5) is 16.2 Å². The molecule has 0 spiro atoms. The van der Waals surface area contributed by atoms with Gasteiger partial charge in [-0.15, -0.1) is 0 Å². The number of carbonyl (C=O) groups is 1. The molecule has 1 aliphatic rings. The quantitative estimate of drug-likeness (QED) is 0.693. The van der Waals surface area contributed by atoms with Crippen LogP contribution in [0, 0.1) is 10.1 Å². The summed E-state index contributed by atoms with van der Waals surface area (Å²) in [6.45, 7) is 0. The third-order valence-electron chi connectivity index (χ3n) is 4.22. The largest absolute Gasteiger partial charge is 0.322 e. The molecule has 0 saturated heterocycles. The van der Waals surface area contributed by atoms with Gasteiger partial charge in [-0.1, -0.05) is 24.3 Å². The zero-order valence-electron chi connectivity index (χ0n) is 12.7. The molecule has 1 atom stereocenters. The number of benzene rings is 2. The summed E-state index contributed by atoms with van der Waals surface area (Å²) in [5.74, 6) is 0. The van der Waals surface area contributed by atoms with Gasteiger partial charge in [0.15, 0.2) is 0 Å². The summed E-state index contributed by atoms with van der Waals surface area (Å²) in [4.78, 5) is 24.3. The number of rotatable bonds is 3. The first-order chi connectivity index (χ1) is 11.1. The van der Waals surface area contributed by atoms with Crippen LogP contribution in [0.1, 0.15) is 23.6 Å². The van der Waals surface area contributed by atoms with Gasteiger partial charge in [0.25, 0.3) is 5.69 Å². The Hall–Kier alpha value is -2.89. The molecule has 2 aromatic carbocycles. The van der Waals surface area contributed by atoms with Crippen LogP contribution in [0.2, 0.25) is 0 Å². The van der Waals surface area contributed by atoms with Crippen LogP contribution < -0.4 is 5.32 Å². The van der Waals surface area contributed by atoms with E-state index in [0.717, 1.165) is 12.8 Å². The highest BCUT2D eigenvalue weighted by molar-refractivity contribution is 5.89. The second-order valence-corrected chi connectivity index (χ2v) is 5.60. The van der Waals surface area contributed by atoms with Crippen LogP contribution in [-0.4, -0.2) is 22.9 Å². The fourth-order valence-electron chi connectivity index (χ4n) is 2.96. The van der Waals surface area contributed by atoms with Crippen molar-refractivity contribution in [3.8, 4) is 0 Å². The van der Waals surface area contributed by atoms with Crippen molar-refractivity contribution in [2.24, 2.45) is 0 Å². The van der Waals surface area contributed by atoms with Crippen molar-refractivity contribution in [1.82, 2.24) is 4.90 Å². The number of nitrogens with zero attached hydrogens (tertiary/aromatic N) is 2. The van der Waals surface area contributed by atoms with E-state index >= 15 is 0 Å². The molecule has 0 bridgehead atoms. The van der Waals surface area contributed by atoms with E-state index in [0.29, 0.717) is 5.69 Å². The third kappa shape index (κ3) is 3.01. The highest BCUT2D eigenvalue weighted by atomic mass is 16.6. The van der Waals surface area contributed by atoms with Crippen molar-refractivity contribution in [3.63, 3.8) is 0 Å². The second-order valence-electron chi connectivity index (χ2n) is 5.60. The van der Waals surface area contributed by atoms with Gasteiger partial charge >= 0.3 is 6.03 Å². The number of hydrogen-bond donors (Lipinski definition) is 1. The number of urea groups is 1. The van der Waals surface area contributed by atoms with Crippen LogP contribution in [0.3, 0.4) is 0 Å². The molecule has 2 amide bonds. The van der Waals surface area contributed by atoms with Gasteiger partial charge in [-0.2, -0.15) is 0 Å². The molecule has 23 heavy (non-hydrogen) atoms. The summed E-state index contributed by atoms with van der Waals surface area (Å²) in [6.07, 6.45) is 1.87. The molecule has 2 aromatic rings. The lowest BCUT2D eigenvalue weighted by Gasteiger charge is -2.25. The second kappa shape index (κ2) is 6.08. The predicted molar refractivity (Wildman–Crippen MR) is 87.4 cm³/mol. The molecule has 0 heterocycles. The molecular weight excluding hydrogens is 294 g/mol. The first-order valence-electron chi connectivity index (χ1n) is 7.42. The standard InChI is InChI=1S/C17H17N3O3/c1-19(16-11-6-12-4-2-3-5-15(12)16)17(21)18-13-7-9-14(10-8-13)20(22)23/h2-5,7-10,16H,6,11H2,1H3,(H,18,21). The van der Waals surface area contributed by atoms with Gasteiger partial charge in [0, 0.05) is 24.9 Å². The lowest BCUT2D eigenvalue weighted by atomic mass is 10.1. The van der Waals surface area contributed by atoms with Crippen molar-refractivity contribution >= 4 is 17.4 Å². The number of anilines is 1. The number of amides is 2. The fourth-order valence-corrected chi connectivity index (χ4v) is 2.96. The van der Waals surface area contributed by atoms with Crippen molar-refractivity contribution in [2.45, 2.75) is 18.9 Å². The Morgan fingerprint density at radius 1 is 1.22 bits per heavy atom. The minimum absolute atomic E-state index is 0.000994. The van der Waals surface area contributed by atoms with E-state index in [9.17, 15) is 14.9 Å². The van der Waals surface area contributed by atoms with Gasteiger partial charge in [0.05, 0.1) is 11.0 Å². The molecule has 0 fully saturated rings. The van der Waals surface area contributed by atoms with Crippen molar-refractivity contribution in [1.29, 1.82) is 0 Å². The van der Waals surface area contributed by atoms with Gasteiger partial charge < -0.3 is 10.2 Å². The average Bonchev–Trinajstić information content (AvgIpc) is 2.98. The molecule has 1 unspecified atom stereocenters. The van der Waals surface area contributed by atoms with Crippen molar-refractivity contribution in [2.75, 3.05) is 12.4 Å². The molecular formula is C17H17N3O3. The molecule has 1 aliphatic carbocycles. The average molecular weight is 311 g/mol. The Morgan fingerprint density at radius 2 is 1.91 bits per heavy atom. The summed E-state index contributed by atoms with van der Waals surface area (Å²) in [5.41, 5.74) is 3.01.